The quantitative estimate of drug-likeness (QED) is 0.370. The van der Waals surface area contributed by atoms with Crippen molar-refractivity contribution >= 4 is 35.2 Å². The summed E-state index contributed by atoms with van der Waals surface area (Å²) in [6.07, 6.45) is 11.9. The second-order valence-corrected chi connectivity index (χ2v) is 9.82. The molecule has 3 fully saturated rings. The lowest BCUT2D eigenvalue weighted by molar-refractivity contribution is -0.157. The average molecular weight is 437 g/mol. The van der Waals surface area contributed by atoms with E-state index in [1.165, 1.54) is 49.9 Å². The van der Waals surface area contributed by atoms with Crippen molar-refractivity contribution in [2.24, 2.45) is 17.3 Å². The summed E-state index contributed by atoms with van der Waals surface area (Å²) >= 11 is 1.39. The highest BCUT2D eigenvalue weighted by molar-refractivity contribution is 7.13. The molecule has 2 heterocycles. The van der Waals surface area contributed by atoms with Gasteiger partial charge in [0.2, 0.25) is 18.7 Å². The molecule has 0 aromatic carbocycles. The second kappa shape index (κ2) is 10.3. The Hall–Kier alpha value is -2.00. The number of hydrogen-bond donors (Lipinski definition) is 2. The van der Waals surface area contributed by atoms with Crippen molar-refractivity contribution in [1.29, 1.82) is 0 Å². The van der Waals surface area contributed by atoms with E-state index in [4.69, 9.17) is 0 Å². The van der Waals surface area contributed by atoms with Crippen LogP contribution in [-0.2, 0) is 14.4 Å². The topological polar surface area (TPSA) is 103 Å². The minimum atomic E-state index is -0.255. The highest BCUT2D eigenvalue weighted by atomic mass is 32.1. The van der Waals surface area contributed by atoms with Crippen LogP contribution in [0.3, 0.4) is 0 Å². The van der Waals surface area contributed by atoms with Gasteiger partial charge in [-0.2, -0.15) is 0 Å². The predicted molar refractivity (Wildman–Crippen MR) is 114 cm³/mol. The number of hydrogen-bond acceptors (Lipinski definition) is 6. The number of hydroxylamine groups is 2. The van der Waals surface area contributed by atoms with Gasteiger partial charge in [0.25, 0.3) is 0 Å². The van der Waals surface area contributed by atoms with Crippen molar-refractivity contribution in [2.45, 2.75) is 64.3 Å². The van der Waals surface area contributed by atoms with Crippen molar-refractivity contribution < 1.29 is 19.6 Å². The van der Waals surface area contributed by atoms with Crippen LogP contribution in [0.25, 0.3) is 0 Å². The first-order chi connectivity index (χ1) is 14.5. The first-order valence-electron chi connectivity index (χ1n) is 10.8. The van der Waals surface area contributed by atoms with Gasteiger partial charge in [-0.05, 0) is 43.9 Å². The molecular weight excluding hydrogens is 404 g/mol. The molecule has 2 unspecified atom stereocenters. The highest BCUT2D eigenvalue weighted by Crippen LogP contribution is 2.55. The molecule has 8 nitrogen and oxygen atoms in total. The van der Waals surface area contributed by atoms with Crippen LogP contribution in [0, 0.1) is 17.3 Å². The van der Waals surface area contributed by atoms with Gasteiger partial charge in [0, 0.05) is 24.2 Å². The Kier molecular flexibility index (Phi) is 7.82. The first kappa shape index (κ1) is 22.7. The molecule has 1 aromatic heterocycles. The molecule has 1 saturated heterocycles. The fraction of sp³-hybridized carbons (Fsp3) is 0.714. The molecule has 2 saturated carbocycles. The monoisotopic (exact) mass is 436 g/mol. The van der Waals surface area contributed by atoms with Gasteiger partial charge in [0.1, 0.15) is 0 Å². The van der Waals surface area contributed by atoms with Crippen LogP contribution < -0.4 is 5.32 Å². The number of thiazole rings is 1. The van der Waals surface area contributed by atoms with Crippen LogP contribution in [-0.4, -0.2) is 58.0 Å². The minimum Gasteiger partial charge on any atom is -0.339 e. The smallest absolute Gasteiger partial charge is 0.233 e. The van der Waals surface area contributed by atoms with Crippen LogP contribution in [0.2, 0.25) is 0 Å². The van der Waals surface area contributed by atoms with Crippen molar-refractivity contribution in [1.82, 2.24) is 14.9 Å². The van der Waals surface area contributed by atoms with E-state index in [2.05, 4.69) is 17.2 Å². The average Bonchev–Trinajstić information content (AvgIpc) is 3.15. The van der Waals surface area contributed by atoms with Gasteiger partial charge >= 0.3 is 0 Å². The summed E-state index contributed by atoms with van der Waals surface area (Å²) in [6.45, 7) is 3.14. The van der Waals surface area contributed by atoms with Gasteiger partial charge in [0.15, 0.2) is 5.13 Å². The van der Waals surface area contributed by atoms with Gasteiger partial charge in [-0.1, -0.05) is 25.7 Å². The minimum absolute atomic E-state index is 0.134. The van der Waals surface area contributed by atoms with Crippen molar-refractivity contribution in [3.8, 4) is 0 Å². The molecule has 1 aliphatic heterocycles. The number of anilines is 1. The summed E-state index contributed by atoms with van der Waals surface area (Å²) < 4.78 is 0. The maximum Gasteiger partial charge on any atom is 0.233 e. The third-order valence-corrected chi connectivity index (χ3v) is 7.30. The zero-order valence-corrected chi connectivity index (χ0v) is 18.4. The van der Waals surface area contributed by atoms with Crippen LogP contribution in [0.5, 0.6) is 0 Å². The maximum absolute atomic E-state index is 13.0. The zero-order chi connectivity index (χ0) is 21.6. The molecule has 30 heavy (non-hydrogen) atoms. The SMILES string of the molecule is CC1CC2(CC2)CN1C(=O)C(CC1CCCC1)CN(O)C=O.O=CNc1nccs1. The molecule has 0 bridgehead atoms. The van der Waals surface area contributed by atoms with E-state index in [0.29, 0.717) is 40.4 Å². The number of nitrogens with one attached hydrogen (secondary N) is 1. The molecule has 1 aromatic rings. The number of nitrogens with zero attached hydrogens (tertiary/aromatic N) is 3. The van der Waals surface area contributed by atoms with E-state index in [0.717, 1.165) is 19.4 Å². The largest absolute Gasteiger partial charge is 0.339 e. The van der Waals surface area contributed by atoms with E-state index in [1.807, 2.05) is 4.90 Å². The molecule has 9 heteroatoms. The highest BCUT2D eigenvalue weighted by Gasteiger charge is 2.52. The summed E-state index contributed by atoms with van der Waals surface area (Å²) in [5, 5.41) is 15.1. The van der Waals surface area contributed by atoms with Gasteiger partial charge in [-0.3, -0.25) is 19.6 Å². The molecule has 3 amide bonds. The van der Waals surface area contributed by atoms with E-state index < -0.39 is 0 Å². The lowest BCUT2D eigenvalue weighted by atomic mass is 9.91. The number of carbonyl (C=O) groups excluding carboxylic acids is 3. The van der Waals surface area contributed by atoms with Crippen molar-refractivity contribution in [2.75, 3.05) is 18.4 Å². The van der Waals surface area contributed by atoms with Crippen LogP contribution >= 0.6 is 11.3 Å². The molecule has 166 valence electrons. The molecule has 2 atom stereocenters. The third kappa shape index (κ3) is 6.01. The van der Waals surface area contributed by atoms with Crippen molar-refractivity contribution in [3.63, 3.8) is 0 Å². The first-order valence-corrected chi connectivity index (χ1v) is 11.7. The van der Waals surface area contributed by atoms with E-state index >= 15 is 0 Å². The van der Waals surface area contributed by atoms with E-state index in [1.54, 1.807) is 11.6 Å². The summed E-state index contributed by atoms with van der Waals surface area (Å²) in [6, 6.07) is 0.296. The Morgan fingerprint density at radius 3 is 2.70 bits per heavy atom. The number of aromatic nitrogens is 1. The summed E-state index contributed by atoms with van der Waals surface area (Å²) in [4.78, 5) is 39.3. The molecule has 4 rings (SSSR count). The Morgan fingerprint density at radius 1 is 1.43 bits per heavy atom. The lowest BCUT2D eigenvalue weighted by Gasteiger charge is -2.29. The van der Waals surface area contributed by atoms with Crippen molar-refractivity contribution in [3.05, 3.63) is 11.6 Å². The Balaban J connectivity index is 0.000000269. The van der Waals surface area contributed by atoms with Crippen LogP contribution in [0.4, 0.5) is 5.13 Å². The number of likely N-dealkylation sites (tertiary alicyclic amines) is 1. The second-order valence-electron chi connectivity index (χ2n) is 8.93. The maximum atomic E-state index is 13.0. The van der Waals surface area contributed by atoms with E-state index in [9.17, 15) is 19.6 Å². The van der Waals surface area contributed by atoms with Gasteiger partial charge in [-0.15, -0.1) is 11.3 Å². The molecule has 2 N–H and O–H groups in total. The summed E-state index contributed by atoms with van der Waals surface area (Å²) in [7, 11) is 0. The predicted octanol–water partition coefficient (Wildman–Crippen LogP) is 3.14. The normalized spacial score (nSPS) is 22.9. The lowest BCUT2D eigenvalue weighted by Crippen LogP contribution is -2.43. The summed E-state index contributed by atoms with van der Waals surface area (Å²) in [5.74, 6) is 0.459. The fourth-order valence-corrected chi connectivity index (χ4v) is 5.39. The van der Waals surface area contributed by atoms with Crippen LogP contribution in [0.1, 0.15) is 58.3 Å². The van der Waals surface area contributed by atoms with Gasteiger partial charge in [0.05, 0.1) is 12.5 Å². The number of carbonyl (C=O) groups is 3. The molecule has 3 aliphatic rings. The number of rotatable bonds is 8. The standard InChI is InChI=1S/C17H28N2O3.C4H4N2OS/c1-13-9-17(6-7-17)11-19(13)16(21)15(10-18(22)12-20)8-14-4-2-3-5-14;7-3-6-4-5-1-2-8-4/h12-15,22H,2-11H2,1H3;1-3H,(H,5,6,7). The Labute approximate surface area is 181 Å². The Bertz CT molecular complexity index is 704. The van der Waals surface area contributed by atoms with Crippen LogP contribution in [0.15, 0.2) is 11.6 Å². The zero-order valence-electron chi connectivity index (χ0n) is 17.5. The summed E-state index contributed by atoms with van der Waals surface area (Å²) in [5.41, 5.74) is 0.399. The fourth-order valence-electron chi connectivity index (χ4n) is 4.90. The van der Waals surface area contributed by atoms with Gasteiger partial charge < -0.3 is 10.2 Å². The Morgan fingerprint density at radius 2 is 2.17 bits per heavy atom. The van der Waals surface area contributed by atoms with Gasteiger partial charge in [-0.25, -0.2) is 10.0 Å². The molecule has 2 aliphatic carbocycles. The number of amides is 3. The molecular formula is C21H32N4O4S. The van der Waals surface area contributed by atoms with E-state index in [-0.39, 0.29) is 18.4 Å². The molecule has 0 radical (unpaired) electrons. The molecule has 1 spiro atoms. The third-order valence-electron chi connectivity index (χ3n) is 6.59.